The number of nitrogens with two attached hydrogens (primary N) is 1. The molecule has 1 atom stereocenters. The minimum atomic E-state index is -0.425. The van der Waals surface area contributed by atoms with Crippen molar-refractivity contribution in [3.8, 4) is 17.1 Å². The van der Waals surface area contributed by atoms with Crippen molar-refractivity contribution in [1.29, 1.82) is 0 Å². The van der Waals surface area contributed by atoms with Crippen LogP contribution in [0.25, 0.3) is 17.1 Å². The average Bonchev–Trinajstić information content (AvgIpc) is 3.05. The summed E-state index contributed by atoms with van der Waals surface area (Å²) < 4.78 is 1.92. The largest absolute Gasteiger partial charge is 0.369 e. The van der Waals surface area contributed by atoms with Crippen molar-refractivity contribution < 1.29 is 4.79 Å². The van der Waals surface area contributed by atoms with Crippen LogP contribution in [0.2, 0.25) is 5.02 Å². The van der Waals surface area contributed by atoms with Crippen molar-refractivity contribution in [3.63, 3.8) is 0 Å². The Morgan fingerprint density at radius 1 is 1.07 bits per heavy atom. The van der Waals surface area contributed by atoms with Gasteiger partial charge in [0.25, 0.3) is 0 Å². The Morgan fingerprint density at radius 3 is 2.21 bits per heavy atom. The van der Waals surface area contributed by atoms with Crippen molar-refractivity contribution in [3.05, 3.63) is 59.1 Å². The molecule has 0 aliphatic rings. The molecular formula is C21H23ClN4OS. The maximum atomic E-state index is 11.5. The number of carbonyl (C=O) groups is 1. The summed E-state index contributed by atoms with van der Waals surface area (Å²) in [7, 11) is 0. The van der Waals surface area contributed by atoms with Crippen LogP contribution in [0.1, 0.15) is 33.3 Å². The van der Waals surface area contributed by atoms with Gasteiger partial charge in [0.15, 0.2) is 11.0 Å². The standard InChI is InChI=1S/C21H23ClN4OS/c1-13(18(23)27)28-20-25-24-19(26(20)17-11-9-16(22)10-12-17)14-5-7-15(8-6-14)21(2,3)4/h5-13H,1-4H3,(H2,23,27). The van der Waals surface area contributed by atoms with Gasteiger partial charge in [-0.1, -0.05) is 68.4 Å². The van der Waals surface area contributed by atoms with Crippen LogP contribution in [0.15, 0.2) is 53.7 Å². The van der Waals surface area contributed by atoms with E-state index >= 15 is 0 Å². The summed E-state index contributed by atoms with van der Waals surface area (Å²) in [6.07, 6.45) is 0. The quantitative estimate of drug-likeness (QED) is 0.605. The second-order valence-electron chi connectivity index (χ2n) is 7.61. The van der Waals surface area contributed by atoms with Crippen molar-refractivity contribution in [1.82, 2.24) is 14.8 Å². The topological polar surface area (TPSA) is 73.8 Å². The Bertz CT molecular complexity index is 975. The zero-order chi connectivity index (χ0) is 20.5. The minimum absolute atomic E-state index is 0.0698. The van der Waals surface area contributed by atoms with Crippen LogP contribution in [0, 0.1) is 0 Å². The first-order valence-electron chi connectivity index (χ1n) is 8.95. The van der Waals surface area contributed by atoms with Gasteiger partial charge in [-0.25, -0.2) is 0 Å². The lowest BCUT2D eigenvalue weighted by atomic mass is 9.87. The third-order valence-electron chi connectivity index (χ3n) is 4.41. The van der Waals surface area contributed by atoms with Crippen molar-refractivity contribution in [2.24, 2.45) is 5.73 Å². The zero-order valence-corrected chi connectivity index (χ0v) is 17.9. The highest BCUT2D eigenvalue weighted by Gasteiger charge is 2.21. The van der Waals surface area contributed by atoms with E-state index in [0.717, 1.165) is 11.3 Å². The lowest BCUT2D eigenvalue weighted by molar-refractivity contribution is -0.117. The summed E-state index contributed by atoms with van der Waals surface area (Å²) >= 11 is 7.33. The zero-order valence-electron chi connectivity index (χ0n) is 16.3. The summed E-state index contributed by atoms with van der Waals surface area (Å²) in [5, 5.41) is 9.54. The highest BCUT2D eigenvalue weighted by atomic mass is 35.5. The molecule has 0 aliphatic heterocycles. The fourth-order valence-electron chi connectivity index (χ4n) is 2.69. The SMILES string of the molecule is CC(Sc1nnc(-c2ccc(C(C)(C)C)cc2)n1-c1ccc(Cl)cc1)C(N)=O. The fourth-order valence-corrected chi connectivity index (χ4v) is 3.64. The highest BCUT2D eigenvalue weighted by Crippen LogP contribution is 2.31. The smallest absolute Gasteiger partial charge is 0.230 e. The van der Waals surface area contributed by atoms with Crippen molar-refractivity contribution >= 4 is 29.3 Å². The van der Waals surface area contributed by atoms with Gasteiger partial charge < -0.3 is 5.73 Å². The van der Waals surface area contributed by atoms with Crippen LogP contribution < -0.4 is 5.73 Å². The van der Waals surface area contributed by atoms with Gasteiger partial charge in [0.1, 0.15) is 0 Å². The highest BCUT2D eigenvalue weighted by molar-refractivity contribution is 8.00. The van der Waals surface area contributed by atoms with Gasteiger partial charge in [-0.3, -0.25) is 9.36 Å². The predicted octanol–water partition coefficient (Wildman–Crippen LogP) is 4.85. The Morgan fingerprint density at radius 2 is 1.68 bits per heavy atom. The van der Waals surface area contributed by atoms with Gasteiger partial charge in [0.05, 0.1) is 5.25 Å². The lowest BCUT2D eigenvalue weighted by Gasteiger charge is -2.19. The monoisotopic (exact) mass is 414 g/mol. The number of thioether (sulfide) groups is 1. The second-order valence-corrected chi connectivity index (χ2v) is 9.35. The summed E-state index contributed by atoms with van der Waals surface area (Å²) in [5.41, 5.74) is 8.55. The molecule has 0 aliphatic carbocycles. The van der Waals surface area contributed by atoms with Crippen LogP contribution in [-0.4, -0.2) is 25.9 Å². The molecule has 7 heteroatoms. The lowest BCUT2D eigenvalue weighted by Crippen LogP contribution is -2.23. The van der Waals surface area contributed by atoms with Crippen LogP contribution >= 0.6 is 23.4 Å². The van der Waals surface area contributed by atoms with E-state index in [4.69, 9.17) is 17.3 Å². The van der Waals surface area contributed by atoms with Gasteiger partial charge in [-0.05, 0) is 42.2 Å². The average molecular weight is 415 g/mol. The van der Waals surface area contributed by atoms with Crippen molar-refractivity contribution in [2.45, 2.75) is 43.5 Å². The molecule has 1 unspecified atom stereocenters. The van der Waals surface area contributed by atoms with E-state index in [0.29, 0.717) is 16.0 Å². The molecule has 5 nitrogen and oxygen atoms in total. The summed E-state index contributed by atoms with van der Waals surface area (Å²) in [5.74, 6) is 0.300. The molecule has 0 fully saturated rings. The van der Waals surface area contributed by atoms with E-state index in [2.05, 4.69) is 43.1 Å². The van der Waals surface area contributed by atoms with Crippen molar-refractivity contribution in [2.75, 3.05) is 0 Å². The number of carbonyl (C=O) groups excluding carboxylic acids is 1. The molecule has 2 aromatic carbocycles. The second kappa shape index (κ2) is 7.97. The third-order valence-corrected chi connectivity index (χ3v) is 5.72. The number of hydrogen-bond acceptors (Lipinski definition) is 4. The number of rotatable bonds is 5. The number of benzene rings is 2. The first-order valence-corrected chi connectivity index (χ1v) is 10.2. The van der Waals surface area contributed by atoms with E-state index in [9.17, 15) is 4.79 Å². The van der Waals surface area contributed by atoms with E-state index in [1.165, 1.54) is 17.3 Å². The van der Waals surface area contributed by atoms with E-state index < -0.39 is 11.2 Å². The summed E-state index contributed by atoms with van der Waals surface area (Å²) in [6.45, 7) is 8.29. The molecule has 1 amide bonds. The van der Waals surface area contributed by atoms with E-state index in [1.807, 2.05) is 41.0 Å². The van der Waals surface area contributed by atoms with E-state index in [-0.39, 0.29) is 5.41 Å². The Balaban J connectivity index is 2.09. The van der Waals surface area contributed by atoms with Gasteiger partial charge in [0, 0.05) is 16.3 Å². The van der Waals surface area contributed by atoms with Gasteiger partial charge in [-0.15, -0.1) is 10.2 Å². The predicted molar refractivity (Wildman–Crippen MR) is 115 cm³/mol. The van der Waals surface area contributed by atoms with Gasteiger partial charge in [-0.2, -0.15) is 0 Å². The number of halogens is 1. The first kappa shape index (κ1) is 20.4. The molecule has 0 saturated heterocycles. The molecule has 1 heterocycles. The maximum Gasteiger partial charge on any atom is 0.230 e. The minimum Gasteiger partial charge on any atom is -0.369 e. The molecule has 28 heavy (non-hydrogen) atoms. The first-order chi connectivity index (χ1) is 13.2. The molecule has 3 rings (SSSR count). The fraction of sp³-hybridized carbons (Fsp3) is 0.286. The molecular weight excluding hydrogens is 392 g/mol. The van der Waals surface area contributed by atoms with Crippen LogP contribution in [0.4, 0.5) is 0 Å². The molecule has 146 valence electrons. The number of hydrogen-bond donors (Lipinski definition) is 1. The number of aromatic nitrogens is 3. The molecule has 0 bridgehead atoms. The molecule has 0 radical (unpaired) electrons. The number of amides is 1. The molecule has 0 saturated carbocycles. The number of primary amides is 1. The van der Waals surface area contributed by atoms with Gasteiger partial charge >= 0.3 is 0 Å². The molecule has 1 aromatic heterocycles. The maximum absolute atomic E-state index is 11.5. The van der Waals surface area contributed by atoms with Gasteiger partial charge in [0.2, 0.25) is 5.91 Å². The third kappa shape index (κ3) is 4.39. The Kier molecular flexibility index (Phi) is 5.82. The molecule has 3 aromatic rings. The normalized spacial score (nSPS) is 12.8. The Hall–Kier alpha value is -2.31. The molecule has 0 spiro atoms. The van der Waals surface area contributed by atoms with Crippen LogP contribution in [-0.2, 0) is 10.2 Å². The summed E-state index contributed by atoms with van der Waals surface area (Å²) in [6, 6.07) is 15.7. The molecule has 2 N–H and O–H groups in total. The summed E-state index contributed by atoms with van der Waals surface area (Å²) in [4.78, 5) is 11.5. The van der Waals surface area contributed by atoms with Crippen LogP contribution in [0.3, 0.4) is 0 Å². The number of nitrogens with zero attached hydrogens (tertiary/aromatic N) is 3. The Labute approximate surface area is 174 Å². The van der Waals surface area contributed by atoms with Crippen LogP contribution in [0.5, 0.6) is 0 Å². The van der Waals surface area contributed by atoms with E-state index in [1.54, 1.807) is 6.92 Å².